The number of anilines is 1. The molecule has 2 aliphatic rings. The first-order chi connectivity index (χ1) is 16.3. The van der Waals surface area contributed by atoms with Crippen LogP contribution in [0.2, 0.25) is 0 Å². The Morgan fingerprint density at radius 2 is 1.64 bits per heavy atom. The highest BCUT2D eigenvalue weighted by molar-refractivity contribution is 6.07. The first kappa shape index (κ1) is 19.5. The number of carbonyl (C=O) groups is 1. The summed E-state index contributed by atoms with van der Waals surface area (Å²) in [6, 6.07) is 17.2. The third-order valence-corrected chi connectivity index (χ3v) is 6.02. The monoisotopic (exact) mass is 439 g/mol. The maximum atomic E-state index is 13.6. The number of carbonyl (C=O) groups excluding carboxylic acids is 1. The van der Waals surface area contributed by atoms with E-state index in [0.29, 0.717) is 43.4 Å². The highest BCUT2D eigenvalue weighted by Gasteiger charge is 2.25. The third-order valence-electron chi connectivity index (χ3n) is 6.02. The molecular formula is C25H21N5O3. The zero-order valence-electron chi connectivity index (χ0n) is 17.8. The number of nitrogens with zero attached hydrogens (tertiary/aromatic N) is 5. The van der Waals surface area contributed by atoms with E-state index in [4.69, 9.17) is 14.5 Å². The number of benzene rings is 2. The standard InChI is InChI=1S/C25H21N5O3/c31-24(29-10-12-30(13-11-29)25-26-8-3-9-27-25)19-15-21(28-20-5-2-1-4-18(19)20)17-6-7-22-23(14-17)33-16-32-22/h1-9,14-15H,10-13,16H2. The molecule has 2 aromatic carbocycles. The number of ether oxygens (including phenoxy) is 2. The van der Waals surface area contributed by atoms with Gasteiger partial charge in [-0.1, -0.05) is 18.2 Å². The number of hydrogen-bond acceptors (Lipinski definition) is 7. The van der Waals surface area contributed by atoms with Gasteiger partial charge in [0.1, 0.15) is 0 Å². The van der Waals surface area contributed by atoms with Crippen LogP contribution in [-0.4, -0.2) is 58.7 Å². The summed E-state index contributed by atoms with van der Waals surface area (Å²) < 4.78 is 11.0. The van der Waals surface area contributed by atoms with Crippen molar-refractivity contribution in [2.45, 2.75) is 0 Å². The fourth-order valence-corrected chi connectivity index (χ4v) is 4.29. The number of pyridine rings is 1. The Labute approximate surface area is 190 Å². The average molecular weight is 439 g/mol. The van der Waals surface area contributed by atoms with Crippen LogP contribution >= 0.6 is 0 Å². The largest absolute Gasteiger partial charge is 0.454 e. The van der Waals surface area contributed by atoms with Gasteiger partial charge in [0.25, 0.3) is 5.91 Å². The van der Waals surface area contributed by atoms with Gasteiger partial charge in [0.15, 0.2) is 11.5 Å². The maximum Gasteiger partial charge on any atom is 0.254 e. The van der Waals surface area contributed by atoms with Gasteiger partial charge in [0.2, 0.25) is 12.7 Å². The topological polar surface area (TPSA) is 80.7 Å². The summed E-state index contributed by atoms with van der Waals surface area (Å²) >= 11 is 0. The van der Waals surface area contributed by atoms with Crippen molar-refractivity contribution in [2.75, 3.05) is 37.9 Å². The van der Waals surface area contributed by atoms with E-state index in [1.54, 1.807) is 18.5 Å². The van der Waals surface area contributed by atoms with Gasteiger partial charge in [-0.25, -0.2) is 15.0 Å². The molecule has 164 valence electrons. The third kappa shape index (κ3) is 3.59. The summed E-state index contributed by atoms with van der Waals surface area (Å²) in [6.07, 6.45) is 3.47. The van der Waals surface area contributed by atoms with Crippen molar-refractivity contribution >= 4 is 22.8 Å². The second kappa shape index (κ2) is 8.05. The molecule has 0 saturated carbocycles. The average Bonchev–Trinajstić information content (AvgIpc) is 3.36. The van der Waals surface area contributed by atoms with Crippen LogP contribution < -0.4 is 14.4 Å². The van der Waals surface area contributed by atoms with E-state index in [9.17, 15) is 4.79 Å². The lowest BCUT2D eigenvalue weighted by Gasteiger charge is -2.34. The van der Waals surface area contributed by atoms with Gasteiger partial charge < -0.3 is 19.3 Å². The zero-order valence-corrected chi connectivity index (χ0v) is 17.8. The summed E-state index contributed by atoms with van der Waals surface area (Å²) in [6.45, 7) is 2.80. The number of amides is 1. The van der Waals surface area contributed by atoms with Crippen LogP contribution in [-0.2, 0) is 0 Å². The molecule has 6 rings (SSSR count). The smallest absolute Gasteiger partial charge is 0.254 e. The number of rotatable bonds is 3. The molecule has 8 heteroatoms. The normalized spacial score (nSPS) is 15.2. The second-order valence-electron chi connectivity index (χ2n) is 7.97. The molecule has 0 spiro atoms. The SMILES string of the molecule is O=C(c1cc(-c2ccc3c(c2)OCO3)nc2ccccc12)N1CCN(c2ncccn2)CC1. The molecule has 4 aromatic rings. The van der Waals surface area contributed by atoms with Crippen molar-refractivity contribution in [1.29, 1.82) is 0 Å². The van der Waals surface area contributed by atoms with E-state index in [0.717, 1.165) is 27.9 Å². The summed E-state index contributed by atoms with van der Waals surface area (Å²) in [5.41, 5.74) is 3.04. The molecule has 0 radical (unpaired) electrons. The summed E-state index contributed by atoms with van der Waals surface area (Å²) in [5, 5.41) is 0.848. The van der Waals surface area contributed by atoms with E-state index in [2.05, 4.69) is 14.9 Å². The molecule has 0 unspecified atom stereocenters. The van der Waals surface area contributed by atoms with E-state index < -0.39 is 0 Å². The number of fused-ring (bicyclic) bond motifs is 2. The lowest BCUT2D eigenvalue weighted by Crippen LogP contribution is -2.49. The van der Waals surface area contributed by atoms with Crippen molar-refractivity contribution in [3.63, 3.8) is 0 Å². The Morgan fingerprint density at radius 3 is 2.48 bits per heavy atom. The molecule has 33 heavy (non-hydrogen) atoms. The Balaban J connectivity index is 1.32. The molecule has 1 saturated heterocycles. The molecule has 8 nitrogen and oxygen atoms in total. The lowest BCUT2D eigenvalue weighted by atomic mass is 10.0. The number of hydrogen-bond donors (Lipinski definition) is 0. The summed E-state index contributed by atoms with van der Waals surface area (Å²) in [5.74, 6) is 2.11. The quantitative estimate of drug-likeness (QED) is 0.484. The van der Waals surface area contributed by atoms with Crippen LogP contribution in [0.1, 0.15) is 10.4 Å². The summed E-state index contributed by atoms with van der Waals surface area (Å²) in [7, 11) is 0. The van der Waals surface area contributed by atoms with Gasteiger partial charge in [0.05, 0.1) is 16.8 Å². The molecule has 0 N–H and O–H groups in total. The van der Waals surface area contributed by atoms with Crippen LogP contribution in [0.5, 0.6) is 11.5 Å². The molecule has 0 bridgehead atoms. The number of piperazine rings is 1. The van der Waals surface area contributed by atoms with Gasteiger partial charge in [-0.05, 0) is 36.4 Å². The van der Waals surface area contributed by atoms with Crippen molar-refractivity contribution in [3.8, 4) is 22.8 Å². The van der Waals surface area contributed by atoms with Crippen molar-refractivity contribution in [3.05, 3.63) is 72.6 Å². The molecular weight excluding hydrogens is 418 g/mol. The first-order valence-corrected chi connectivity index (χ1v) is 10.9. The maximum absolute atomic E-state index is 13.6. The molecule has 1 amide bonds. The minimum absolute atomic E-state index is 0.00391. The van der Waals surface area contributed by atoms with Crippen molar-refractivity contribution < 1.29 is 14.3 Å². The van der Waals surface area contributed by atoms with Crippen molar-refractivity contribution in [2.24, 2.45) is 0 Å². The van der Waals surface area contributed by atoms with E-state index in [1.807, 2.05) is 53.4 Å². The van der Waals surface area contributed by atoms with Gasteiger partial charge >= 0.3 is 0 Å². The molecule has 0 atom stereocenters. The molecule has 1 fully saturated rings. The fourth-order valence-electron chi connectivity index (χ4n) is 4.29. The minimum Gasteiger partial charge on any atom is -0.454 e. The van der Waals surface area contributed by atoms with Gasteiger partial charge in [-0.2, -0.15) is 0 Å². The van der Waals surface area contributed by atoms with Crippen LogP contribution in [0.3, 0.4) is 0 Å². The highest BCUT2D eigenvalue weighted by atomic mass is 16.7. The number of aromatic nitrogens is 3. The molecule has 0 aliphatic carbocycles. The van der Waals surface area contributed by atoms with Crippen LogP contribution in [0, 0.1) is 0 Å². The van der Waals surface area contributed by atoms with Crippen LogP contribution in [0.4, 0.5) is 5.95 Å². The lowest BCUT2D eigenvalue weighted by molar-refractivity contribution is 0.0748. The number of para-hydroxylation sites is 1. The van der Waals surface area contributed by atoms with Crippen molar-refractivity contribution in [1.82, 2.24) is 19.9 Å². The minimum atomic E-state index is 0.00391. The second-order valence-corrected chi connectivity index (χ2v) is 7.97. The van der Waals surface area contributed by atoms with Gasteiger partial charge in [-0.3, -0.25) is 4.79 Å². The van der Waals surface area contributed by atoms with Crippen LogP contribution in [0.15, 0.2) is 67.0 Å². The Kier molecular flexibility index (Phi) is 4.75. The van der Waals surface area contributed by atoms with Gasteiger partial charge in [0, 0.05) is 49.5 Å². The molecule has 2 aliphatic heterocycles. The van der Waals surface area contributed by atoms with E-state index >= 15 is 0 Å². The van der Waals surface area contributed by atoms with Gasteiger partial charge in [-0.15, -0.1) is 0 Å². The zero-order chi connectivity index (χ0) is 22.2. The predicted molar refractivity (Wildman–Crippen MR) is 123 cm³/mol. The Bertz CT molecular complexity index is 1340. The highest BCUT2D eigenvalue weighted by Crippen LogP contribution is 2.36. The fraction of sp³-hybridized carbons (Fsp3) is 0.200. The molecule has 2 aromatic heterocycles. The van der Waals surface area contributed by atoms with E-state index in [-0.39, 0.29) is 12.7 Å². The van der Waals surface area contributed by atoms with E-state index in [1.165, 1.54) is 0 Å². The first-order valence-electron chi connectivity index (χ1n) is 10.9. The van der Waals surface area contributed by atoms with Crippen LogP contribution in [0.25, 0.3) is 22.2 Å². The Morgan fingerprint density at radius 1 is 0.848 bits per heavy atom. The summed E-state index contributed by atoms with van der Waals surface area (Å²) in [4.78, 5) is 31.1. The molecule has 4 heterocycles. The predicted octanol–water partition coefficient (Wildman–Crippen LogP) is 3.38. The Hall–Kier alpha value is -4.20.